The van der Waals surface area contributed by atoms with Crippen LogP contribution in [0.15, 0.2) is 28.0 Å². The average molecular weight is 240 g/mol. The van der Waals surface area contributed by atoms with Gasteiger partial charge >= 0.3 is 0 Å². The number of thioether (sulfide) groups is 2. The second-order valence-corrected chi connectivity index (χ2v) is 5.34. The second kappa shape index (κ2) is 7.24. The fraction of sp³-hybridized carbons (Fsp3) is 0.538. The highest BCUT2D eigenvalue weighted by atomic mass is 32.2. The normalized spacial score (nSPS) is 10.6. The van der Waals surface area contributed by atoms with Gasteiger partial charge in [-0.25, -0.2) is 0 Å². The highest BCUT2D eigenvalue weighted by molar-refractivity contribution is 8.01. The molecule has 0 atom stereocenters. The van der Waals surface area contributed by atoms with Crippen LogP contribution in [0, 0.1) is 0 Å². The molecule has 0 spiro atoms. The zero-order valence-corrected chi connectivity index (χ0v) is 11.5. The number of hydrogen-bond donors (Lipinski definition) is 0. The van der Waals surface area contributed by atoms with Gasteiger partial charge in [0.1, 0.15) is 0 Å². The van der Waals surface area contributed by atoms with Gasteiger partial charge in [-0.15, -0.1) is 23.5 Å². The van der Waals surface area contributed by atoms with Crippen LogP contribution in [0.4, 0.5) is 0 Å². The lowest BCUT2D eigenvalue weighted by Crippen LogP contribution is -1.87. The van der Waals surface area contributed by atoms with Crippen molar-refractivity contribution in [2.24, 2.45) is 0 Å². The van der Waals surface area contributed by atoms with Crippen LogP contribution in [-0.2, 0) is 6.42 Å². The summed E-state index contributed by atoms with van der Waals surface area (Å²) in [6, 6.07) is 6.89. The molecule has 84 valence electrons. The van der Waals surface area contributed by atoms with Crippen LogP contribution in [0.25, 0.3) is 0 Å². The van der Waals surface area contributed by atoms with Gasteiger partial charge in [0.25, 0.3) is 0 Å². The summed E-state index contributed by atoms with van der Waals surface area (Å²) < 4.78 is 0. The van der Waals surface area contributed by atoms with Crippen molar-refractivity contribution in [1.82, 2.24) is 0 Å². The van der Waals surface area contributed by atoms with Crippen LogP contribution in [0.2, 0.25) is 0 Å². The Morgan fingerprint density at radius 2 is 1.73 bits per heavy atom. The van der Waals surface area contributed by atoms with Crippen LogP contribution in [0.3, 0.4) is 0 Å². The first-order valence-electron chi connectivity index (χ1n) is 5.52. The largest absolute Gasteiger partial charge is 0.128 e. The van der Waals surface area contributed by atoms with Crippen molar-refractivity contribution in [3.8, 4) is 0 Å². The minimum Gasteiger partial charge on any atom is -0.128 e. The molecule has 0 N–H and O–H groups in total. The molecule has 1 aromatic carbocycles. The first-order valence-corrected chi connectivity index (χ1v) is 7.97. The molecular weight excluding hydrogens is 220 g/mol. The molecule has 0 nitrogen and oxygen atoms in total. The van der Waals surface area contributed by atoms with Crippen molar-refractivity contribution < 1.29 is 0 Å². The van der Waals surface area contributed by atoms with Crippen LogP contribution >= 0.6 is 23.5 Å². The van der Waals surface area contributed by atoms with E-state index in [1.807, 2.05) is 23.5 Å². The zero-order chi connectivity index (χ0) is 11.1. The molecule has 1 rings (SSSR count). The van der Waals surface area contributed by atoms with Gasteiger partial charge in [0.05, 0.1) is 0 Å². The maximum atomic E-state index is 2.35. The third-order valence-electron chi connectivity index (χ3n) is 2.52. The van der Waals surface area contributed by atoms with E-state index >= 15 is 0 Å². The lowest BCUT2D eigenvalue weighted by molar-refractivity contribution is 0.716. The Balaban J connectivity index is 2.66. The minimum atomic E-state index is 1.23. The Morgan fingerprint density at radius 1 is 1.00 bits per heavy atom. The number of hydrogen-bond acceptors (Lipinski definition) is 2. The first kappa shape index (κ1) is 13.0. The molecule has 0 bridgehead atoms. The van der Waals surface area contributed by atoms with Gasteiger partial charge in [-0.1, -0.05) is 25.8 Å². The van der Waals surface area contributed by atoms with Crippen molar-refractivity contribution in [1.29, 1.82) is 0 Å². The molecule has 2 heteroatoms. The summed E-state index contributed by atoms with van der Waals surface area (Å²) in [5.41, 5.74) is 1.49. The van der Waals surface area contributed by atoms with Crippen molar-refractivity contribution >= 4 is 23.5 Å². The van der Waals surface area contributed by atoms with E-state index in [9.17, 15) is 0 Å². The smallest absolute Gasteiger partial charge is 0.0208 e. The molecule has 0 aliphatic carbocycles. The maximum Gasteiger partial charge on any atom is 0.0208 e. The van der Waals surface area contributed by atoms with Gasteiger partial charge in [-0.3, -0.25) is 0 Å². The Morgan fingerprint density at radius 3 is 2.33 bits per heavy atom. The highest BCUT2D eigenvalue weighted by Crippen LogP contribution is 2.29. The third kappa shape index (κ3) is 4.12. The Labute approximate surface area is 102 Å². The molecule has 0 aliphatic heterocycles. The van der Waals surface area contributed by atoms with Gasteiger partial charge in [0.15, 0.2) is 0 Å². The van der Waals surface area contributed by atoms with Gasteiger partial charge in [0, 0.05) is 9.79 Å². The predicted octanol–water partition coefficient (Wildman–Crippen LogP) is 4.86. The summed E-state index contributed by atoms with van der Waals surface area (Å²) >= 11 is 3.69. The minimum absolute atomic E-state index is 1.23. The molecule has 0 aromatic heterocycles. The summed E-state index contributed by atoms with van der Waals surface area (Å²) in [4.78, 5) is 2.83. The molecule has 0 radical (unpaired) electrons. The van der Waals surface area contributed by atoms with Crippen molar-refractivity contribution in [3.05, 3.63) is 23.8 Å². The fourth-order valence-electron chi connectivity index (χ4n) is 1.62. The topological polar surface area (TPSA) is 0 Å². The third-order valence-corrected chi connectivity index (χ3v) is 4.22. The zero-order valence-electron chi connectivity index (χ0n) is 9.88. The summed E-state index contributed by atoms with van der Waals surface area (Å²) in [6.45, 7) is 2.25. The number of rotatable bonds is 6. The van der Waals surface area contributed by atoms with Crippen LogP contribution in [0.5, 0.6) is 0 Å². The van der Waals surface area contributed by atoms with Gasteiger partial charge in [-0.05, 0) is 43.0 Å². The van der Waals surface area contributed by atoms with Crippen molar-refractivity contribution in [3.63, 3.8) is 0 Å². The van der Waals surface area contributed by atoms with Crippen molar-refractivity contribution in [2.75, 3.05) is 12.5 Å². The molecule has 0 unspecified atom stereocenters. The van der Waals surface area contributed by atoms with Crippen LogP contribution in [0.1, 0.15) is 31.7 Å². The summed E-state index contributed by atoms with van der Waals surface area (Å²) in [6.07, 6.45) is 9.51. The maximum absolute atomic E-state index is 2.35. The predicted molar refractivity (Wildman–Crippen MR) is 73.2 cm³/mol. The monoisotopic (exact) mass is 240 g/mol. The van der Waals surface area contributed by atoms with E-state index in [-0.39, 0.29) is 0 Å². The van der Waals surface area contributed by atoms with Gasteiger partial charge in [0.2, 0.25) is 0 Å². The summed E-state index contributed by atoms with van der Waals surface area (Å²) in [7, 11) is 0. The lowest BCUT2D eigenvalue weighted by Gasteiger charge is -2.07. The van der Waals surface area contributed by atoms with E-state index in [0.29, 0.717) is 0 Å². The SMILES string of the molecule is CCCCCc1ccc(SC)c(SC)c1. The van der Waals surface area contributed by atoms with Crippen LogP contribution < -0.4 is 0 Å². The lowest BCUT2D eigenvalue weighted by atomic mass is 10.1. The van der Waals surface area contributed by atoms with E-state index < -0.39 is 0 Å². The Hall–Kier alpha value is -0.0800. The van der Waals surface area contributed by atoms with Crippen LogP contribution in [-0.4, -0.2) is 12.5 Å². The number of aryl methyl sites for hydroxylation is 1. The molecule has 15 heavy (non-hydrogen) atoms. The van der Waals surface area contributed by atoms with Crippen molar-refractivity contribution in [2.45, 2.75) is 42.4 Å². The van der Waals surface area contributed by atoms with E-state index in [1.165, 1.54) is 41.0 Å². The molecule has 0 saturated carbocycles. The van der Waals surface area contributed by atoms with Gasteiger partial charge < -0.3 is 0 Å². The molecule has 1 aromatic rings. The molecule has 0 heterocycles. The molecular formula is C13H20S2. The van der Waals surface area contributed by atoms with Gasteiger partial charge in [-0.2, -0.15) is 0 Å². The second-order valence-electron chi connectivity index (χ2n) is 3.65. The van der Waals surface area contributed by atoms with E-state index in [4.69, 9.17) is 0 Å². The standard InChI is InChI=1S/C13H20S2/c1-4-5-6-7-11-8-9-12(14-2)13(10-11)15-3/h8-10H,4-7H2,1-3H3. The first-order chi connectivity index (χ1) is 7.31. The summed E-state index contributed by atoms with van der Waals surface area (Å²) in [5.74, 6) is 0. The Bertz CT molecular complexity index is 295. The average Bonchev–Trinajstić information content (AvgIpc) is 2.29. The molecule has 0 amide bonds. The quantitative estimate of drug-likeness (QED) is 0.514. The van der Waals surface area contributed by atoms with E-state index in [0.717, 1.165) is 0 Å². The molecule has 0 fully saturated rings. The van der Waals surface area contributed by atoms with E-state index in [2.05, 4.69) is 37.6 Å². The van der Waals surface area contributed by atoms with E-state index in [1.54, 1.807) is 0 Å². The Kier molecular flexibility index (Phi) is 6.26. The molecule has 0 saturated heterocycles. The number of unbranched alkanes of at least 4 members (excludes halogenated alkanes) is 2. The number of benzene rings is 1. The molecule has 0 aliphatic rings. The summed E-state index contributed by atoms with van der Waals surface area (Å²) in [5, 5.41) is 0. The fourth-order valence-corrected chi connectivity index (χ4v) is 3.12. The highest BCUT2D eigenvalue weighted by Gasteiger charge is 2.01.